The molecular weight excluding hydrogens is 373 g/mol. The number of nitrogens with zero attached hydrogens (tertiary/aromatic N) is 4. The van der Waals surface area contributed by atoms with Crippen molar-refractivity contribution in [3.8, 4) is 0 Å². The zero-order valence-corrected chi connectivity index (χ0v) is 13.9. The highest BCUT2D eigenvalue weighted by Crippen LogP contribution is 2.20. The second-order valence-electron chi connectivity index (χ2n) is 4.54. The van der Waals surface area contributed by atoms with Gasteiger partial charge in [0.2, 0.25) is 0 Å². The Balaban J connectivity index is 2.00. The van der Waals surface area contributed by atoms with Gasteiger partial charge in [-0.3, -0.25) is 4.90 Å². The zero-order valence-electron chi connectivity index (χ0n) is 10.9. The van der Waals surface area contributed by atoms with E-state index < -0.39 is 0 Å². The molecule has 19 heavy (non-hydrogen) atoms. The first-order valence-electron chi connectivity index (χ1n) is 6.37. The summed E-state index contributed by atoms with van der Waals surface area (Å²) in [6.07, 6.45) is 4.42. The molecule has 1 unspecified atom stereocenters. The van der Waals surface area contributed by atoms with Crippen molar-refractivity contribution in [1.29, 1.82) is 0 Å². The van der Waals surface area contributed by atoms with E-state index in [0.29, 0.717) is 4.99 Å². The first kappa shape index (κ1) is 14.9. The van der Waals surface area contributed by atoms with Crippen molar-refractivity contribution in [1.82, 2.24) is 14.9 Å². The van der Waals surface area contributed by atoms with E-state index in [9.17, 15) is 0 Å². The summed E-state index contributed by atoms with van der Waals surface area (Å²) in [6.45, 7) is 5.97. The van der Waals surface area contributed by atoms with Crippen LogP contribution in [0.3, 0.4) is 0 Å². The standard InChI is InChI=1S/C12H18IN5S/c1-2-10(11(14)19)17-3-5-18(6-4-17)12-9(13)7-15-8-16-12/h7-8,10H,2-6H2,1H3,(H2,14,19). The Kier molecular flexibility index (Phi) is 5.28. The Morgan fingerprint density at radius 2 is 2.16 bits per heavy atom. The van der Waals surface area contributed by atoms with Crippen LogP contribution < -0.4 is 10.6 Å². The molecule has 0 saturated carbocycles. The normalized spacial score (nSPS) is 18.3. The van der Waals surface area contributed by atoms with Gasteiger partial charge in [0.05, 0.1) is 14.6 Å². The molecule has 2 rings (SSSR count). The van der Waals surface area contributed by atoms with Crippen molar-refractivity contribution in [3.63, 3.8) is 0 Å². The Hall–Kier alpha value is -0.540. The topological polar surface area (TPSA) is 58.3 Å². The number of aromatic nitrogens is 2. The highest BCUT2D eigenvalue weighted by Gasteiger charge is 2.25. The van der Waals surface area contributed by atoms with Gasteiger partial charge in [-0.05, 0) is 29.0 Å². The number of piperazine rings is 1. The molecule has 0 bridgehead atoms. The molecule has 1 fully saturated rings. The van der Waals surface area contributed by atoms with Crippen LogP contribution in [0.4, 0.5) is 5.82 Å². The molecule has 104 valence electrons. The maximum atomic E-state index is 5.80. The number of hydrogen-bond acceptors (Lipinski definition) is 5. The first-order valence-corrected chi connectivity index (χ1v) is 7.86. The Bertz CT molecular complexity index is 448. The van der Waals surface area contributed by atoms with Crippen molar-refractivity contribution in [2.75, 3.05) is 31.1 Å². The fraction of sp³-hybridized carbons (Fsp3) is 0.583. The number of rotatable bonds is 4. The minimum absolute atomic E-state index is 0.224. The van der Waals surface area contributed by atoms with Crippen LogP contribution in [-0.2, 0) is 0 Å². The summed E-state index contributed by atoms with van der Waals surface area (Å²) >= 11 is 7.42. The van der Waals surface area contributed by atoms with Crippen LogP contribution in [0.1, 0.15) is 13.3 Å². The summed E-state index contributed by atoms with van der Waals surface area (Å²) in [5.41, 5.74) is 5.80. The molecule has 0 aromatic carbocycles. The number of hydrogen-bond donors (Lipinski definition) is 1. The molecule has 1 aromatic rings. The molecule has 5 nitrogen and oxygen atoms in total. The summed E-state index contributed by atoms with van der Waals surface area (Å²) in [5.74, 6) is 1.03. The summed E-state index contributed by atoms with van der Waals surface area (Å²) in [7, 11) is 0. The maximum Gasteiger partial charge on any atom is 0.145 e. The minimum atomic E-state index is 0.224. The van der Waals surface area contributed by atoms with E-state index in [-0.39, 0.29) is 6.04 Å². The SMILES string of the molecule is CCC(C(N)=S)N1CCN(c2ncncc2I)CC1. The molecule has 7 heteroatoms. The largest absolute Gasteiger partial charge is 0.392 e. The third-order valence-corrected chi connectivity index (χ3v) is 4.45. The van der Waals surface area contributed by atoms with Gasteiger partial charge in [0, 0.05) is 32.4 Å². The lowest BCUT2D eigenvalue weighted by Gasteiger charge is -2.39. The van der Waals surface area contributed by atoms with Gasteiger partial charge in [0.15, 0.2) is 0 Å². The second-order valence-corrected chi connectivity index (χ2v) is 6.18. The van der Waals surface area contributed by atoms with Crippen LogP contribution in [0, 0.1) is 3.57 Å². The van der Waals surface area contributed by atoms with Gasteiger partial charge in [-0.1, -0.05) is 19.1 Å². The zero-order chi connectivity index (χ0) is 13.8. The van der Waals surface area contributed by atoms with Gasteiger partial charge in [-0.25, -0.2) is 9.97 Å². The van der Waals surface area contributed by atoms with E-state index in [0.717, 1.165) is 42.0 Å². The van der Waals surface area contributed by atoms with Crippen molar-refractivity contribution in [2.24, 2.45) is 5.73 Å². The van der Waals surface area contributed by atoms with E-state index in [4.69, 9.17) is 18.0 Å². The van der Waals surface area contributed by atoms with E-state index in [1.165, 1.54) is 0 Å². The van der Waals surface area contributed by atoms with Gasteiger partial charge >= 0.3 is 0 Å². The molecule has 1 aromatic heterocycles. The van der Waals surface area contributed by atoms with Crippen LogP contribution >= 0.6 is 34.8 Å². The lowest BCUT2D eigenvalue weighted by atomic mass is 10.1. The van der Waals surface area contributed by atoms with E-state index in [2.05, 4.69) is 49.3 Å². The number of nitrogens with two attached hydrogens (primary N) is 1. The molecule has 1 aliphatic heterocycles. The predicted octanol–water partition coefficient (Wildman–Crippen LogP) is 1.27. The van der Waals surface area contributed by atoms with Gasteiger partial charge in [-0.15, -0.1) is 0 Å². The third-order valence-electron chi connectivity index (χ3n) is 3.42. The molecule has 0 aliphatic carbocycles. The van der Waals surface area contributed by atoms with Gasteiger partial charge < -0.3 is 10.6 Å². The maximum absolute atomic E-state index is 5.80. The van der Waals surface area contributed by atoms with Crippen molar-refractivity contribution >= 4 is 45.6 Å². The number of halogens is 1. The van der Waals surface area contributed by atoms with E-state index in [1.54, 1.807) is 6.33 Å². The van der Waals surface area contributed by atoms with Gasteiger partial charge in [-0.2, -0.15) is 0 Å². The fourth-order valence-corrected chi connectivity index (χ4v) is 3.38. The molecule has 2 heterocycles. The van der Waals surface area contributed by atoms with Crippen LogP contribution in [0.5, 0.6) is 0 Å². The number of thiocarbonyl (C=S) groups is 1. The summed E-state index contributed by atoms with van der Waals surface area (Å²) in [6, 6.07) is 0.224. The Morgan fingerprint density at radius 3 is 2.68 bits per heavy atom. The van der Waals surface area contributed by atoms with Crippen LogP contribution in [0.25, 0.3) is 0 Å². The van der Waals surface area contributed by atoms with Gasteiger partial charge in [0.25, 0.3) is 0 Å². The monoisotopic (exact) mass is 391 g/mol. The highest BCUT2D eigenvalue weighted by atomic mass is 127. The smallest absolute Gasteiger partial charge is 0.145 e. The fourth-order valence-electron chi connectivity index (χ4n) is 2.42. The number of anilines is 1. The first-order chi connectivity index (χ1) is 9.13. The van der Waals surface area contributed by atoms with E-state index >= 15 is 0 Å². The Morgan fingerprint density at radius 1 is 1.47 bits per heavy atom. The van der Waals surface area contributed by atoms with Crippen LogP contribution in [-0.4, -0.2) is 52.1 Å². The molecule has 1 atom stereocenters. The molecule has 1 aliphatic rings. The summed E-state index contributed by atoms with van der Waals surface area (Å²) in [5, 5.41) is 0. The van der Waals surface area contributed by atoms with Gasteiger partial charge in [0.1, 0.15) is 12.1 Å². The summed E-state index contributed by atoms with van der Waals surface area (Å²) < 4.78 is 1.09. The quantitative estimate of drug-likeness (QED) is 0.616. The van der Waals surface area contributed by atoms with Crippen molar-refractivity contribution < 1.29 is 0 Å². The second kappa shape index (κ2) is 6.76. The molecular formula is C12H18IN5S. The van der Waals surface area contributed by atoms with Crippen molar-refractivity contribution in [3.05, 3.63) is 16.1 Å². The summed E-state index contributed by atoms with van der Waals surface area (Å²) in [4.78, 5) is 13.7. The molecule has 0 radical (unpaired) electrons. The average Bonchev–Trinajstić information content (AvgIpc) is 2.41. The van der Waals surface area contributed by atoms with Crippen LogP contribution in [0.2, 0.25) is 0 Å². The van der Waals surface area contributed by atoms with Crippen LogP contribution in [0.15, 0.2) is 12.5 Å². The third kappa shape index (κ3) is 3.51. The molecule has 1 saturated heterocycles. The lowest BCUT2D eigenvalue weighted by Crippen LogP contribution is -2.53. The minimum Gasteiger partial charge on any atom is -0.392 e. The Labute approximate surface area is 132 Å². The molecule has 0 spiro atoms. The van der Waals surface area contributed by atoms with E-state index in [1.807, 2.05) is 6.20 Å². The van der Waals surface area contributed by atoms with Crippen molar-refractivity contribution in [2.45, 2.75) is 19.4 Å². The average molecular weight is 391 g/mol. The lowest BCUT2D eigenvalue weighted by molar-refractivity contribution is 0.224. The molecule has 0 amide bonds. The predicted molar refractivity (Wildman–Crippen MR) is 89.4 cm³/mol. The highest BCUT2D eigenvalue weighted by molar-refractivity contribution is 14.1. The molecule has 2 N–H and O–H groups in total.